The highest BCUT2D eigenvalue weighted by atomic mass is 35.5. The molecule has 3 aromatic rings. The van der Waals surface area contributed by atoms with Gasteiger partial charge >= 0.3 is 11.4 Å². The van der Waals surface area contributed by atoms with Crippen molar-refractivity contribution >= 4 is 64.2 Å². The maximum absolute atomic E-state index is 14.5. The van der Waals surface area contributed by atoms with Gasteiger partial charge in [-0.1, -0.05) is 41.0 Å². The predicted molar refractivity (Wildman–Crippen MR) is 180 cm³/mol. The average molecular weight is 737 g/mol. The van der Waals surface area contributed by atoms with E-state index in [1.807, 2.05) is 4.90 Å². The summed E-state index contributed by atoms with van der Waals surface area (Å²) in [6, 6.07) is 7.43. The molecule has 0 radical (unpaired) electrons. The third-order valence-electron chi connectivity index (χ3n) is 8.94. The highest BCUT2D eigenvalue weighted by Gasteiger charge is 2.42. The molecule has 1 N–H and O–H groups in total. The number of rotatable bonds is 8. The molecule has 9 nitrogen and oxygen atoms in total. The lowest BCUT2D eigenvalue weighted by atomic mass is 9.95. The number of alkyl halides is 3. The van der Waals surface area contributed by atoms with Crippen LogP contribution in [0.2, 0.25) is 10.0 Å². The van der Waals surface area contributed by atoms with E-state index in [2.05, 4.69) is 11.1 Å². The second-order valence-electron chi connectivity index (χ2n) is 12.0. The zero-order chi connectivity index (χ0) is 34.7. The fraction of sp³-hybridized carbons (Fsp3) is 0.394. The second kappa shape index (κ2) is 13.1. The van der Waals surface area contributed by atoms with Crippen molar-refractivity contribution in [2.45, 2.75) is 73.3 Å². The quantitative estimate of drug-likeness (QED) is 0.234. The van der Waals surface area contributed by atoms with Crippen molar-refractivity contribution < 1.29 is 23.1 Å². The van der Waals surface area contributed by atoms with Gasteiger partial charge in [-0.05, 0) is 85.2 Å². The number of aryl methyl sites for hydroxylation is 1. The summed E-state index contributed by atoms with van der Waals surface area (Å²) in [5.74, 6) is -0.350. The number of methoxy groups -OCH3 is 1. The van der Waals surface area contributed by atoms with E-state index in [4.69, 9.17) is 39.5 Å². The fourth-order valence-electron chi connectivity index (χ4n) is 6.52. The third kappa shape index (κ3) is 6.10. The number of hydrogen-bond donors (Lipinski definition) is 1. The van der Waals surface area contributed by atoms with E-state index in [0.29, 0.717) is 46.8 Å². The van der Waals surface area contributed by atoms with Gasteiger partial charge in [-0.3, -0.25) is 14.5 Å². The van der Waals surface area contributed by atoms with Crippen LogP contribution in [0.5, 0.6) is 5.75 Å². The summed E-state index contributed by atoms with van der Waals surface area (Å²) in [7, 11) is 1.50. The van der Waals surface area contributed by atoms with Gasteiger partial charge in [0.15, 0.2) is 0 Å². The van der Waals surface area contributed by atoms with Crippen LogP contribution in [0.1, 0.15) is 70.0 Å². The first-order valence-electron chi connectivity index (χ1n) is 15.2. The van der Waals surface area contributed by atoms with Crippen molar-refractivity contribution in [2.75, 3.05) is 25.1 Å². The molecular formula is C33H30Cl3F2N5O4S. The molecule has 0 bridgehead atoms. The number of aromatic nitrogens is 1. The molecule has 3 heterocycles. The molecule has 1 aliphatic carbocycles. The van der Waals surface area contributed by atoms with E-state index in [0.717, 1.165) is 37.1 Å². The van der Waals surface area contributed by atoms with Gasteiger partial charge in [-0.25, -0.2) is 4.79 Å². The lowest BCUT2D eigenvalue weighted by Crippen LogP contribution is -2.50. The normalized spacial score (nSPS) is 17.9. The van der Waals surface area contributed by atoms with Crippen LogP contribution in [0, 0.1) is 25.2 Å². The van der Waals surface area contributed by atoms with Gasteiger partial charge in [0.2, 0.25) is 0 Å². The van der Waals surface area contributed by atoms with E-state index in [9.17, 15) is 28.4 Å². The number of hydrogen-bond acceptors (Lipinski definition) is 6. The lowest BCUT2D eigenvalue weighted by molar-refractivity contribution is 0.0684. The zero-order valence-electron chi connectivity index (χ0n) is 26.1. The molecule has 1 atom stereocenters. The van der Waals surface area contributed by atoms with Crippen LogP contribution in [0.25, 0.3) is 0 Å². The van der Waals surface area contributed by atoms with Crippen LogP contribution < -0.4 is 15.2 Å². The van der Waals surface area contributed by atoms with E-state index < -0.39 is 34.1 Å². The van der Waals surface area contributed by atoms with Crippen molar-refractivity contribution in [2.24, 2.45) is 0 Å². The number of H-pyrrole nitrogens is 1. The molecule has 48 heavy (non-hydrogen) atoms. The van der Waals surface area contributed by atoms with Crippen molar-refractivity contribution in [1.82, 2.24) is 14.8 Å². The van der Waals surface area contributed by atoms with Gasteiger partial charge < -0.3 is 19.5 Å². The number of amides is 3. The molecule has 1 unspecified atom stereocenters. The molecule has 1 aromatic heterocycles. The molecule has 3 amide bonds. The van der Waals surface area contributed by atoms with Crippen molar-refractivity contribution in [1.29, 1.82) is 5.26 Å². The Kier molecular flexibility index (Phi) is 9.37. The molecule has 3 aliphatic rings. The highest BCUT2D eigenvalue weighted by molar-refractivity contribution is 7.99. The van der Waals surface area contributed by atoms with E-state index in [-0.39, 0.29) is 44.9 Å². The van der Waals surface area contributed by atoms with Gasteiger partial charge in [0.1, 0.15) is 17.0 Å². The van der Waals surface area contributed by atoms with Gasteiger partial charge in [0, 0.05) is 35.5 Å². The zero-order valence-corrected chi connectivity index (χ0v) is 29.2. The summed E-state index contributed by atoms with van der Waals surface area (Å²) in [6.07, 6.45) is 2.59. The number of fused-ring (bicyclic) bond motifs is 1. The Morgan fingerprint density at radius 3 is 2.56 bits per heavy atom. The molecule has 1 saturated heterocycles. The Hall–Kier alpha value is -3.50. The number of nitrogens with zero attached hydrogens (tertiary/aromatic N) is 4. The van der Waals surface area contributed by atoms with Gasteiger partial charge in [-0.15, -0.1) is 0 Å². The van der Waals surface area contributed by atoms with Crippen LogP contribution in [-0.2, 0) is 11.9 Å². The first-order valence-corrected chi connectivity index (χ1v) is 17.1. The van der Waals surface area contributed by atoms with Crippen LogP contribution in [0.4, 0.5) is 19.3 Å². The Morgan fingerprint density at radius 1 is 1.19 bits per heavy atom. The topological polar surface area (TPSA) is 110 Å². The SMILES string of the molecule is COc1c(N2CCCN(C3CC3)C2=O)cc2c(c1C)C(CC#N)N(C(=O)c1c(Sc3c(Cl)ccc(C)c3Cl)cc(C(F)(F)Cl)[nH]c1=O)C2. The molecule has 1 saturated carbocycles. The standard InChI is InChI=1S/C33H30Cl3F2N5O4S/c1-16-5-8-20(34)29(27(16)35)48-23-14-24(33(36,37)38)40-30(44)26(23)31(45)43-15-18-13-22(28(47-3)17(2)25(18)21(43)9-10-39)42-12-4-11-41(32(42)46)19-6-7-19/h5,8,13-14,19,21H,4,6-7,9,11-12,15H2,1-3H3,(H,40,44). The molecule has 15 heteroatoms. The number of nitrogens with one attached hydrogen (secondary N) is 1. The summed E-state index contributed by atoms with van der Waals surface area (Å²) >= 11 is 19.1. The molecular weight excluding hydrogens is 707 g/mol. The molecule has 2 aliphatic heterocycles. The minimum Gasteiger partial charge on any atom is -0.494 e. The molecule has 2 aromatic carbocycles. The first kappa shape index (κ1) is 34.4. The number of pyridine rings is 1. The number of aromatic amines is 1. The monoisotopic (exact) mass is 735 g/mol. The summed E-state index contributed by atoms with van der Waals surface area (Å²) < 4.78 is 34.5. The van der Waals surface area contributed by atoms with Gasteiger partial charge in [-0.2, -0.15) is 14.0 Å². The maximum atomic E-state index is 14.5. The van der Waals surface area contributed by atoms with Crippen molar-refractivity contribution in [3.63, 3.8) is 0 Å². The summed E-state index contributed by atoms with van der Waals surface area (Å²) in [5.41, 5.74) is 0.729. The van der Waals surface area contributed by atoms with Crippen molar-refractivity contribution in [3.05, 3.63) is 78.2 Å². The van der Waals surface area contributed by atoms with E-state index in [1.165, 1.54) is 12.0 Å². The first-order chi connectivity index (χ1) is 22.8. The predicted octanol–water partition coefficient (Wildman–Crippen LogP) is 8.15. The van der Waals surface area contributed by atoms with Gasteiger partial charge in [0.05, 0.1) is 41.4 Å². The van der Waals surface area contributed by atoms with Crippen LogP contribution in [0.3, 0.4) is 0 Å². The number of carbonyl (C=O) groups is 2. The lowest BCUT2D eigenvalue weighted by Gasteiger charge is -2.37. The molecule has 252 valence electrons. The molecule has 0 spiro atoms. The van der Waals surface area contributed by atoms with E-state index in [1.54, 1.807) is 36.9 Å². The Morgan fingerprint density at radius 2 is 1.92 bits per heavy atom. The number of benzene rings is 2. The van der Waals surface area contributed by atoms with Crippen LogP contribution in [-0.4, -0.2) is 53.0 Å². The number of urea groups is 1. The Labute approximate surface area is 294 Å². The average Bonchev–Trinajstić information content (AvgIpc) is 3.81. The van der Waals surface area contributed by atoms with E-state index >= 15 is 0 Å². The summed E-state index contributed by atoms with van der Waals surface area (Å²) in [5, 5.41) is 6.32. The minimum atomic E-state index is -3.95. The van der Waals surface area contributed by atoms with Crippen molar-refractivity contribution in [3.8, 4) is 11.8 Å². The van der Waals surface area contributed by atoms with Gasteiger partial charge in [0.25, 0.3) is 11.5 Å². The Bertz CT molecular complexity index is 1940. The minimum absolute atomic E-state index is 0.0182. The summed E-state index contributed by atoms with van der Waals surface area (Å²) in [6.45, 7) is 4.68. The maximum Gasteiger partial charge on any atom is 0.362 e. The summed E-state index contributed by atoms with van der Waals surface area (Å²) in [4.78, 5) is 48.7. The second-order valence-corrected chi connectivity index (χ2v) is 14.3. The molecule has 6 rings (SSSR count). The number of anilines is 1. The largest absolute Gasteiger partial charge is 0.494 e. The number of nitriles is 1. The number of carbonyl (C=O) groups excluding carboxylic acids is 2. The Balaban J connectivity index is 1.45. The smallest absolute Gasteiger partial charge is 0.362 e. The number of ether oxygens (including phenoxy) is 1. The number of halogens is 5. The molecule has 2 fully saturated rings. The van der Waals surface area contributed by atoms with Crippen LogP contribution in [0.15, 0.2) is 38.9 Å². The fourth-order valence-corrected chi connectivity index (χ4v) is 8.32. The third-order valence-corrected chi connectivity index (χ3v) is 11.3. The van der Waals surface area contributed by atoms with Crippen LogP contribution >= 0.6 is 46.6 Å². The highest BCUT2D eigenvalue weighted by Crippen LogP contribution is 2.48.